The quantitative estimate of drug-likeness (QED) is 0.905. The average Bonchev–Trinajstić information content (AvgIpc) is 2.99. The van der Waals surface area contributed by atoms with Crippen LogP contribution in [0.15, 0.2) is 18.2 Å². The normalized spacial score (nSPS) is 24.6. The summed E-state index contributed by atoms with van der Waals surface area (Å²) >= 11 is 0. The van der Waals surface area contributed by atoms with Gasteiger partial charge < -0.3 is 10.5 Å². The molecule has 0 spiro atoms. The number of benzene rings is 1. The molecule has 0 amide bonds. The maximum Gasteiger partial charge on any atom is 0.127 e. The Morgan fingerprint density at radius 2 is 2.05 bits per heavy atom. The number of nitrogens with two attached hydrogens (primary N) is 1. The zero-order valence-electron chi connectivity index (χ0n) is 12.4. The van der Waals surface area contributed by atoms with E-state index in [4.69, 9.17) is 10.5 Å². The lowest BCUT2D eigenvalue weighted by Gasteiger charge is -2.32. The number of hydrogen-bond donors (Lipinski definition) is 1. The minimum atomic E-state index is -0.123. The van der Waals surface area contributed by atoms with Gasteiger partial charge in [-0.2, -0.15) is 0 Å². The van der Waals surface area contributed by atoms with Crippen LogP contribution in [0, 0.1) is 5.82 Å². The Labute approximate surface area is 125 Å². The van der Waals surface area contributed by atoms with Crippen LogP contribution in [-0.2, 0) is 17.8 Å². The predicted octanol–water partition coefficient (Wildman–Crippen LogP) is 1.19. The van der Waals surface area contributed by atoms with Crippen LogP contribution in [-0.4, -0.2) is 55.2 Å². The van der Waals surface area contributed by atoms with E-state index in [2.05, 4.69) is 9.80 Å². The minimum absolute atomic E-state index is 0.123. The van der Waals surface area contributed by atoms with Crippen LogP contribution in [0.5, 0.6) is 0 Å². The fourth-order valence-corrected chi connectivity index (χ4v) is 3.31. The SMILES string of the molecule is NCc1ccc(F)c(CN2CCC(N3CCOCC3)C2)c1. The Kier molecular flexibility index (Phi) is 4.85. The van der Waals surface area contributed by atoms with Crippen molar-refractivity contribution in [2.24, 2.45) is 5.73 Å². The molecule has 2 aliphatic heterocycles. The van der Waals surface area contributed by atoms with E-state index in [0.29, 0.717) is 19.1 Å². The molecule has 3 rings (SSSR count). The second-order valence-electron chi connectivity index (χ2n) is 5.96. The molecule has 2 aliphatic rings. The van der Waals surface area contributed by atoms with Gasteiger partial charge in [-0.25, -0.2) is 4.39 Å². The zero-order valence-corrected chi connectivity index (χ0v) is 12.4. The molecule has 2 fully saturated rings. The number of halogens is 1. The first-order chi connectivity index (χ1) is 10.3. The highest BCUT2D eigenvalue weighted by atomic mass is 19.1. The molecule has 5 heteroatoms. The number of hydrogen-bond acceptors (Lipinski definition) is 4. The van der Waals surface area contributed by atoms with Gasteiger partial charge in [-0.05, 0) is 18.1 Å². The van der Waals surface area contributed by atoms with Crippen molar-refractivity contribution in [2.75, 3.05) is 39.4 Å². The average molecular weight is 293 g/mol. The number of likely N-dealkylation sites (tertiary alicyclic amines) is 1. The Bertz CT molecular complexity index is 477. The van der Waals surface area contributed by atoms with Crippen molar-refractivity contribution in [3.63, 3.8) is 0 Å². The molecular formula is C16H24FN3O. The van der Waals surface area contributed by atoms with Crippen LogP contribution in [0.25, 0.3) is 0 Å². The maximum absolute atomic E-state index is 13.9. The first kappa shape index (κ1) is 14.9. The van der Waals surface area contributed by atoms with E-state index in [1.54, 1.807) is 6.07 Å². The van der Waals surface area contributed by atoms with Gasteiger partial charge in [0.1, 0.15) is 5.82 Å². The molecule has 1 atom stereocenters. The Balaban J connectivity index is 1.59. The molecule has 0 bridgehead atoms. The third-order valence-electron chi connectivity index (χ3n) is 4.55. The molecule has 1 aromatic carbocycles. The highest BCUT2D eigenvalue weighted by Crippen LogP contribution is 2.20. The molecule has 0 saturated carbocycles. The molecule has 1 unspecified atom stereocenters. The first-order valence-corrected chi connectivity index (χ1v) is 7.78. The number of nitrogens with zero attached hydrogens (tertiary/aromatic N) is 2. The van der Waals surface area contributed by atoms with Crippen molar-refractivity contribution in [3.8, 4) is 0 Å². The van der Waals surface area contributed by atoms with E-state index in [1.165, 1.54) is 6.07 Å². The molecule has 0 radical (unpaired) electrons. The van der Waals surface area contributed by atoms with Gasteiger partial charge in [0.25, 0.3) is 0 Å². The van der Waals surface area contributed by atoms with Crippen LogP contribution in [0.4, 0.5) is 4.39 Å². The smallest absolute Gasteiger partial charge is 0.127 e. The van der Waals surface area contributed by atoms with Gasteiger partial charge in [-0.3, -0.25) is 9.80 Å². The van der Waals surface area contributed by atoms with Crippen molar-refractivity contribution in [1.29, 1.82) is 0 Å². The van der Waals surface area contributed by atoms with E-state index in [9.17, 15) is 4.39 Å². The zero-order chi connectivity index (χ0) is 14.7. The van der Waals surface area contributed by atoms with Crippen LogP contribution in [0.3, 0.4) is 0 Å². The van der Waals surface area contributed by atoms with Crippen molar-refractivity contribution in [1.82, 2.24) is 9.80 Å². The number of morpholine rings is 1. The van der Waals surface area contributed by atoms with Crippen molar-refractivity contribution in [3.05, 3.63) is 35.1 Å². The molecule has 21 heavy (non-hydrogen) atoms. The summed E-state index contributed by atoms with van der Waals surface area (Å²) in [5.41, 5.74) is 7.40. The van der Waals surface area contributed by atoms with Crippen LogP contribution >= 0.6 is 0 Å². The molecule has 2 N–H and O–H groups in total. The van der Waals surface area contributed by atoms with Crippen molar-refractivity contribution >= 4 is 0 Å². The second kappa shape index (κ2) is 6.83. The summed E-state index contributed by atoms with van der Waals surface area (Å²) in [4.78, 5) is 4.86. The number of ether oxygens (including phenoxy) is 1. The summed E-state index contributed by atoms with van der Waals surface area (Å²) in [5, 5.41) is 0. The molecule has 0 aliphatic carbocycles. The first-order valence-electron chi connectivity index (χ1n) is 7.78. The lowest BCUT2D eigenvalue weighted by atomic mass is 10.1. The maximum atomic E-state index is 13.9. The van der Waals surface area contributed by atoms with E-state index < -0.39 is 0 Å². The van der Waals surface area contributed by atoms with E-state index in [1.807, 2.05) is 6.07 Å². The monoisotopic (exact) mass is 293 g/mol. The van der Waals surface area contributed by atoms with Gasteiger partial charge in [-0.15, -0.1) is 0 Å². The summed E-state index contributed by atoms with van der Waals surface area (Å²) < 4.78 is 19.3. The van der Waals surface area contributed by atoms with Gasteiger partial charge in [0.2, 0.25) is 0 Å². The standard InChI is InChI=1S/C16H24FN3O/c17-16-2-1-13(10-18)9-14(16)11-19-4-3-15(12-19)20-5-7-21-8-6-20/h1-2,9,15H,3-8,10-12,18H2. The molecule has 2 heterocycles. The largest absolute Gasteiger partial charge is 0.379 e. The van der Waals surface area contributed by atoms with Gasteiger partial charge in [-0.1, -0.05) is 12.1 Å². The predicted molar refractivity (Wildman–Crippen MR) is 80.4 cm³/mol. The third-order valence-corrected chi connectivity index (χ3v) is 4.55. The summed E-state index contributed by atoms with van der Waals surface area (Å²) in [6.07, 6.45) is 1.16. The van der Waals surface area contributed by atoms with Gasteiger partial charge in [0.05, 0.1) is 13.2 Å². The topological polar surface area (TPSA) is 41.7 Å². The third kappa shape index (κ3) is 3.61. The lowest BCUT2D eigenvalue weighted by Crippen LogP contribution is -2.44. The van der Waals surface area contributed by atoms with Crippen LogP contribution in [0.1, 0.15) is 17.5 Å². The Morgan fingerprint density at radius 1 is 1.24 bits per heavy atom. The molecule has 4 nitrogen and oxygen atoms in total. The van der Waals surface area contributed by atoms with E-state index >= 15 is 0 Å². The highest BCUT2D eigenvalue weighted by Gasteiger charge is 2.28. The molecule has 2 saturated heterocycles. The fraction of sp³-hybridized carbons (Fsp3) is 0.625. The summed E-state index contributed by atoms with van der Waals surface area (Å²) in [5.74, 6) is -0.123. The summed E-state index contributed by atoms with van der Waals surface area (Å²) in [7, 11) is 0. The Morgan fingerprint density at radius 3 is 2.81 bits per heavy atom. The minimum Gasteiger partial charge on any atom is -0.379 e. The molecule has 1 aromatic rings. The van der Waals surface area contributed by atoms with Gasteiger partial charge in [0, 0.05) is 50.9 Å². The highest BCUT2D eigenvalue weighted by molar-refractivity contribution is 5.25. The second-order valence-corrected chi connectivity index (χ2v) is 5.96. The summed E-state index contributed by atoms with van der Waals surface area (Å²) in [6.45, 7) is 6.92. The van der Waals surface area contributed by atoms with Crippen molar-refractivity contribution < 1.29 is 9.13 Å². The molecular weight excluding hydrogens is 269 g/mol. The van der Waals surface area contributed by atoms with Crippen LogP contribution < -0.4 is 5.73 Å². The lowest BCUT2D eigenvalue weighted by molar-refractivity contribution is 0.0183. The number of rotatable bonds is 4. The van der Waals surface area contributed by atoms with Crippen LogP contribution in [0.2, 0.25) is 0 Å². The van der Waals surface area contributed by atoms with E-state index in [-0.39, 0.29) is 5.82 Å². The summed E-state index contributed by atoms with van der Waals surface area (Å²) in [6, 6.07) is 5.79. The Hall–Kier alpha value is -1.01. The van der Waals surface area contributed by atoms with Gasteiger partial charge >= 0.3 is 0 Å². The fourth-order valence-electron chi connectivity index (χ4n) is 3.31. The van der Waals surface area contributed by atoms with E-state index in [0.717, 1.165) is 56.9 Å². The van der Waals surface area contributed by atoms with Gasteiger partial charge in [0.15, 0.2) is 0 Å². The molecule has 0 aromatic heterocycles. The van der Waals surface area contributed by atoms with Crippen molar-refractivity contribution in [2.45, 2.75) is 25.6 Å². The molecule has 116 valence electrons.